The Balaban J connectivity index is 1.80. The molecule has 0 unspecified atom stereocenters. The van der Waals surface area contributed by atoms with Crippen LogP contribution in [0.2, 0.25) is 15.4 Å². The molecular formula is C13H26GaN. The molecule has 2 aliphatic rings. The van der Waals surface area contributed by atoms with Crippen molar-refractivity contribution >= 4 is 16.2 Å². The minimum absolute atomic E-state index is 0.702. The molecule has 0 bridgehead atoms. The third kappa shape index (κ3) is 3.83. The van der Waals surface area contributed by atoms with Gasteiger partial charge in [0, 0.05) is 0 Å². The molecule has 1 nitrogen and oxygen atoms in total. The average Bonchev–Trinajstić information content (AvgIpc) is 2.24. The molecule has 1 heterocycles. The molecule has 0 aromatic rings. The fraction of sp³-hybridized carbons (Fsp3) is 1.00. The Kier molecular flexibility index (Phi) is 5.12. The number of nitrogens with zero attached hydrogens (tertiary/aromatic N) is 1. The summed E-state index contributed by atoms with van der Waals surface area (Å²) in [7, 11) is 0. The zero-order chi connectivity index (χ0) is 10.5. The molecule has 0 amide bonds. The second-order valence-corrected chi connectivity index (χ2v) is 12.8. The summed E-state index contributed by atoms with van der Waals surface area (Å²) in [5, 5.41) is 0. The van der Waals surface area contributed by atoms with Gasteiger partial charge in [-0.3, -0.25) is 0 Å². The Bertz CT molecular complexity index is 167. The van der Waals surface area contributed by atoms with E-state index < -0.39 is 16.2 Å². The van der Waals surface area contributed by atoms with E-state index in [0.29, 0.717) is 0 Å². The van der Waals surface area contributed by atoms with Crippen molar-refractivity contribution in [3.05, 3.63) is 0 Å². The number of hydrogen-bond donors (Lipinski definition) is 0. The minimum atomic E-state index is -0.702. The van der Waals surface area contributed by atoms with Crippen molar-refractivity contribution in [2.75, 3.05) is 13.1 Å². The summed E-state index contributed by atoms with van der Waals surface area (Å²) >= 11 is -0.702. The molecule has 0 N–H and O–H groups in total. The topological polar surface area (TPSA) is 3.24 Å². The van der Waals surface area contributed by atoms with Crippen LogP contribution in [0.1, 0.15) is 44.9 Å². The van der Waals surface area contributed by atoms with Gasteiger partial charge < -0.3 is 0 Å². The summed E-state index contributed by atoms with van der Waals surface area (Å²) in [5.74, 6) is 0. The molecule has 1 aliphatic heterocycles. The molecule has 0 radical (unpaired) electrons. The Morgan fingerprint density at radius 2 is 1.47 bits per heavy atom. The molecule has 2 rings (SSSR count). The van der Waals surface area contributed by atoms with Crippen molar-refractivity contribution in [1.29, 1.82) is 0 Å². The predicted octanol–water partition coefficient (Wildman–Crippen LogP) is 3.54. The monoisotopic (exact) mass is 265 g/mol. The maximum atomic E-state index is 2.84. The molecule has 1 saturated heterocycles. The molecule has 1 saturated carbocycles. The van der Waals surface area contributed by atoms with Gasteiger partial charge >= 0.3 is 101 Å². The van der Waals surface area contributed by atoms with E-state index in [1.807, 2.05) is 0 Å². The van der Waals surface area contributed by atoms with E-state index in [9.17, 15) is 0 Å². The molecule has 15 heavy (non-hydrogen) atoms. The third-order valence-corrected chi connectivity index (χ3v) is 10.2. The second kappa shape index (κ2) is 6.36. The Morgan fingerprint density at radius 3 is 2.07 bits per heavy atom. The van der Waals surface area contributed by atoms with Gasteiger partial charge in [0.05, 0.1) is 0 Å². The molecule has 2 fully saturated rings. The summed E-state index contributed by atoms with van der Waals surface area (Å²) < 4.78 is 0. The SMILES string of the molecule is [CH3][Ga]1[CH2]CCN(C2CCCCC2)CC[CH2]1. The summed E-state index contributed by atoms with van der Waals surface area (Å²) in [5.41, 5.74) is 2.61. The number of rotatable bonds is 1. The van der Waals surface area contributed by atoms with Gasteiger partial charge in [0.25, 0.3) is 0 Å². The van der Waals surface area contributed by atoms with E-state index in [0.717, 1.165) is 6.04 Å². The molecule has 1 aliphatic carbocycles. The van der Waals surface area contributed by atoms with Gasteiger partial charge in [-0.05, 0) is 0 Å². The first-order chi connectivity index (χ1) is 7.36. The van der Waals surface area contributed by atoms with Crippen molar-refractivity contribution < 1.29 is 0 Å². The van der Waals surface area contributed by atoms with Crippen LogP contribution in [-0.4, -0.2) is 40.2 Å². The van der Waals surface area contributed by atoms with Crippen LogP contribution in [-0.2, 0) is 0 Å². The molecule has 0 aromatic carbocycles. The van der Waals surface area contributed by atoms with Gasteiger partial charge in [0.1, 0.15) is 0 Å². The van der Waals surface area contributed by atoms with Gasteiger partial charge in [0.2, 0.25) is 0 Å². The first kappa shape index (κ1) is 12.1. The van der Waals surface area contributed by atoms with Gasteiger partial charge in [0.15, 0.2) is 0 Å². The van der Waals surface area contributed by atoms with Crippen LogP contribution >= 0.6 is 0 Å². The Morgan fingerprint density at radius 1 is 0.867 bits per heavy atom. The first-order valence-electron chi connectivity index (χ1n) is 7.10. The Labute approximate surface area is 101 Å². The molecule has 0 aromatic heterocycles. The first-order valence-corrected chi connectivity index (χ1v) is 12.9. The van der Waals surface area contributed by atoms with Crippen LogP contribution in [0.15, 0.2) is 0 Å². The van der Waals surface area contributed by atoms with Crippen LogP contribution < -0.4 is 0 Å². The van der Waals surface area contributed by atoms with Crippen LogP contribution in [0.5, 0.6) is 0 Å². The number of hydrogen-bond acceptors (Lipinski definition) is 1. The molecular weight excluding hydrogens is 240 g/mol. The summed E-state index contributed by atoms with van der Waals surface area (Å²) in [6.45, 7) is 2.86. The van der Waals surface area contributed by atoms with E-state index >= 15 is 0 Å². The second-order valence-electron chi connectivity index (χ2n) is 5.72. The molecule has 0 atom stereocenters. The van der Waals surface area contributed by atoms with Crippen molar-refractivity contribution in [3.8, 4) is 0 Å². The quantitative estimate of drug-likeness (QED) is 0.656. The van der Waals surface area contributed by atoms with E-state index in [2.05, 4.69) is 10.4 Å². The molecule has 2 heteroatoms. The summed E-state index contributed by atoms with van der Waals surface area (Å²) in [6, 6.07) is 0.972. The zero-order valence-corrected chi connectivity index (χ0v) is 12.8. The van der Waals surface area contributed by atoms with Crippen molar-refractivity contribution in [2.24, 2.45) is 0 Å². The van der Waals surface area contributed by atoms with Gasteiger partial charge in [-0.1, -0.05) is 0 Å². The van der Waals surface area contributed by atoms with Crippen LogP contribution in [0.3, 0.4) is 0 Å². The predicted molar refractivity (Wildman–Crippen MR) is 68.9 cm³/mol. The molecule has 0 spiro atoms. The summed E-state index contributed by atoms with van der Waals surface area (Å²) in [6.07, 6.45) is 10.5. The zero-order valence-electron chi connectivity index (χ0n) is 10.4. The van der Waals surface area contributed by atoms with Crippen molar-refractivity contribution in [1.82, 2.24) is 4.90 Å². The van der Waals surface area contributed by atoms with Crippen molar-refractivity contribution in [2.45, 2.75) is 66.4 Å². The van der Waals surface area contributed by atoms with Gasteiger partial charge in [-0.2, -0.15) is 0 Å². The fourth-order valence-corrected chi connectivity index (χ4v) is 7.65. The van der Waals surface area contributed by atoms with Gasteiger partial charge in [-0.15, -0.1) is 0 Å². The van der Waals surface area contributed by atoms with Crippen LogP contribution in [0.4, 0.5) is 0 Å². The summed E-state index contributed by atoms with van der Waals surface area (Å²) in [4.78, 5) is 6.14. The van der Waals surface area contributed by atoms with E-state index in [1.54, 1.807) is 9.95 Å². The normalized spacial score (nSPS) is 27.4. The Hall–Kier alpha value is 0.596. The van der Waals surface area contributed by atoms with Gasteiger partial charge in [-0.25, -0.2) is 0 Å². The third-order valence-electron chi connectivity index (χ3n) is 4.38. The standard InChI is InChI=1S/C12H23N.CH3.Ga/c1-3-10-13(11-4-2)12-8-6-5-7-9-12;;/h12H,1-11H2;1H3;. The average molecular weight is 266 g/mol. The van der Waals surface area contributed by atoms with E-state index in [-0.39, 0.29) is 0 Å². The van der Waals surface area contributed by atoms with E-state index in [4.69, 9.17) is 0 Å². The van der Waals surface area contributed by atoms with Crippen LogP contribution in [0.25, 0.3) is 0 Å². The van der Waals surface area contributed by atoms with Crippen molar-refractivity contribution in [3.63, 3.8) is 0 Å². The van der Waals surface area contributed by atoms with Crippen LogP contribution in [0, 0.1) is 0 Å². The molecule has 86 valence electrons. The maximum absolute atomic E-state index is 2.84. The van der Waals surface area contributed by atoms with E-state index in [1.165, 1.54) is 58.0 Å². The fourth-order valence-electron chi connectivity index (χ4n) is 3.35.